The molecule has 0 saturated heterocycles. The molecule has 2 rings (SSSR count). The number of fused-ring (bicyclic) bond motifs is 1. The van der Waals surface area contributed by atoms with Crippen LogP contribution in [0.25, 0.3) is 10.9 Å². The van der Waals surface area contributed by atoms with Crippen molar-refractivity contribution >= 4 is 16.8 Å². The standard InChI is InChI=1S/C17H24N2O/c1-11(2)9-17(20)18-8-7-14-13(4)19-16-6-5-12(3)10-15(14)16/h5-6,10-11,19H,7-9H2,1-4H3,(H,18,20). The second kappa shape index (κ2) is 6.12. The van der Waals surface area contributed by atoms with Gasteiger partial charge in [0, 0.05) is 29.6 Å². The van der Waals surface area contributed by atoms with E-state index in [1.807, 2.05) is 0 Å². The highest BCUT2D eigenvalue weighted by Gasteiger charge is 2.09. The minimum atomic E-state index is 0.147. The molecule has 1 aromatic heterocycles. The van der Waals surface area contributed by atoms with E-state index in [9.17, 15) is 4.79 Å². The Bertz CT molecular complexity index is 611. The van der Waals surface area contributed by atoms with E-state index in [4.69, 9.17) is 0 Å². The summed E-state index contributed by atoms with van der Waals surface area (Å²) < 4.78 is 0. The van der Waals surface area contributed by atoms with E-state index >= 15 is 0 Å². The van der Waals surface area contributed by atoms with Crippen LogP contribution in [0.2, 0.25) is 0 Å². The van der Waals surface area contributed by atoms with E-state index in [1.165, 1.54) is 27.7 Å². The summed E-state index contributed by atoms with van der Waals surface area (Å²) in [5, 5.41) is 4.28. The number of hydrogen-bond donors (Lipinski definition) is 2. The number of carbonyl (C=O) groups excluding carboxylic acids is 1. The number of amides is 1. The molecular weight excluding hydrogens is 248 g/mol. The fourth-order valence-electron chi connectivity index (χ4n) is 2.59. The lowest BCUT2D eigenvalue weighted by molar-refractivity contribution is -0.121. The number of rotatable bonds is 5. The van der Waals surface area contributed by atoms with Gasteiger partial charge in [-0.3, -0.25) is 4.79 Å². The maximum atomic E-state index is 11.7. The third kappa shape index (κ3) is 3.41. The van der Waals surface area contributed by atoms with Crippen molar-refractivity contribution in [3.05, 3.63) is 35.0 Å². The first kappa shape index (κ1) is 14.6. The van der Waals surface area contributed by atoms with E-state index in [1.54, 1.807) is 0 Å². The summed E-state index contributed by atoms with van der Waals surface area (Å²) in [6.07, 6.45) is 1.48. The second-order valence-corrected chi connectivity index (χ2v) is 5.98. The van der Waals surface area contributed by atoms with E-state index in [-0.39, 0.29) is 5.91 Å². The number of aromatic amines is 1. The average Bonchev–Trinajstić information content (AvgIpc) is 2.65. The maximum Gasteiger partial charge on any atom is 0.220 e. The molecule has 0 aliphatic carbocycles. The molecule has 1 heterocycles. The first-order chi connectivity index (χ1) is 9.47. The van der Waals surface area contributed by atoms with Gasteiger partial charge in [0.1, 0.15) is 0 Å². The molecule has 0 fully saturated rings. The molecule has 0 aliphatic heterocycles. The molecule has 1 aromatic carbocycles. The monoisotopic (exact) mass is 272 g/mol. The molecule has 108 valence electrons. The van der Waals surface area contributed by atoms with Crippen LogP contribution in [0.15, 0.2) is 18.2 Å². The van der Waals surface area contributed by atoms with Gasteiger partial charge in [-0.2, -0.15) is 0 Å². The smallest absolute Gasteiger partial charge is 0.220 e. The van der Waals surface area contributed by atoms with Crippen molar-refractivity contribution < 1.29 is 4.79 Å². The van der Waals surface area contributed by atoms with Gasteiger partial charge in [-0.15, -0.1) is 0 Å². The fourth-order valence-corrected chi connectivity index (χ4v) is 2.59. The Morgan fingerprint density at radius 1 is 1.30 bits per heavy atom. The van der Waals surface area contributed by atoms with Gasteiger partial charge in [0.25, 0.3) is 0 Å². The van der Waals surface area contributed by atoms with Crippen LogP contribution in [0.5, 0.6) is 0 Å². The summed E-state index contributed by atoms with van der Waals surface area (Å²) >= 11 is 0. The molecule has 0 unspecified atom stereocenters. The molecule has 2 N–H and O–H groups in total. The third-order valence-electron chi connectivity index (χ3n) is 3.57. The SMILES string of the molecule is Cc1ccc2[nH]c(C)c(CCNC(=O)CC(C)C)c2c1. The number of carbonyl (C=O) groups is 1. The molecule has 0 radical (unpaired) electrons. The normalized spacial score (nSPS) is 11.2. The van der Waals surface area contributed by atoms with Crippen LogP contribution < -0.4 is 5.32 Å². The van der Waals surface area contributed by atoms with Crippen LogP contribution in [0.4, 0.5) is 0 Å². The van der Waals surface area contributed by atoms with Crippen molar-refractivity contribution in [1.29, 1.82) is 0 Å². The van der Waals surface area contributed by atoms with Gasteiger partial charge in [0.2, 0.25) is 5.91 Å². The number of benzene rings is 1. The molecule has 2 aromatic rings. The number of hydrogen-bond acceptors (Lipinski definition) is 1. The van der Waals surface area contributed by atoms with Crippen LogP contribution in [-0.2, 0) is 11.2 Å². The molecule has 1 amide bonds. The van der Waals surface area contributed by atoms with Crippen LogP contribution in [0.1, 0.15) is 37.1 Å². The fraction of sp³-hybridized carbons (Fsp3) is 0.471. The van der Waals surface area contributed by atoms with Crippen molar-refractivity contribution in [3.63, 3.8) is 0 Å². The summed E-state index contributed by atoms with van der Waals surface area (Å²) in [4.78, 5) is 15.1. The summed E-state index contributed by atoms with van der Waals surface area (Å²) in [7, 11) is 0. The molecule has 3 heteroatoms. The summed E-state index contributed by atoms with van der Waals surface area (Å²) in [5.41, 5.74) is 4.95. The molecular formula is C17H24N2O. The van der Waals surface area contributed by atoms with Crippen molar-refractivity contribution in [2.75, 3.05) is 6.54 Å². The first-order valence-electron chi connectivity index (χ1n) is 7.32. The molecule has 0 saturated carbocycles. The second-order valence-electron chi connectivity index (χ2n) is 5.98. The molecule has 0 atom stereocenters. The maximum absolute atomic E-state index is 11.7. The lowest BCUT2D eigenvalue weighted by Gasteiger charge is -2.07. The summed E-state index contributed by atoms with van der Waals surface area (Å²) in [6.45, 7) is 9.03. The molecule has 0 aliphatic rings. The lowest BCUT2D eigenvalue weighted by atomic mass is 10.1. The van der Waals surface area contributed by atoms with Gasteiger partial charge < -0.3 is 10.3 Å². The lowest BCUT2D eigenvalue weighted by Crippen LogP contribution is -2.26. The van der Waals surface area contributed by atoms with Crippen molar-refractivity contribution in [1.82, 2.24) is 10.3 Å². The molecule has 20 heavy (non-hydrogen) atoms. The zero-order valence-corrected chi connectivity index (χ0v) is 12.8. The van der Waals surface area contributed by atoms with Gasteiger partial charge in [0.15, 0.2) is 0 Å². The molecule has 0 bridgehead atoms. The van der Waals surface area contributed by atoms with E-state index in [0.717, 1.165) is 6.42 Å². The number of H-pyrrole nitrogens is 1. The Labute approximate surface area is 120 Å². The van der Waals surface area contributed by atoms with Gasteiger partial charge in [-0.1, -0.05) is 25.5 Å². The first-order valence-corrected chi connectivity index (χ1v) is 7.32. The predicted molar refractivity (Wildman–Crippen MR) is 83.9 cm³/mol. The van der Waals surface area contributed by atoms with Gasteiger partial charge >= 0.3 is 0 Å². The van der Waals surface area contributed by atoms with Crippen molar-refractivity contribution in [2.45, 2.75) is 40.5 Å². The van der Waals surface area contributed by atoms with Gasteiger partial charge in [-0.25, -0.2) is 0 Å². The highest BCUT2D eigenvalue weighted by Crippen LogP contribution is 2.23. The van der Waals surface area contributed by atoms with Gasteiger partial charge in [0.05, 0.1) is 0 Å². The largest absolute Gasteiger partial charge is 0.358 e. The number of aryl methyl sites for hydroxylation is 2. The van der Waals surface area contributed by atoms with Crippen LogP contribution in [0.3, 0.4) is 0 Å². The Morgan fingerprint density at radius 2 is 2.05 bits per heavy atom. The van der Waals surface area contributed by atoms with E-state index < -0.39 is 0 Å². The number of nitrogens with one attached hydrogen (secondary N) is 2. The predicted octanol–water partition coefficient (Wildman–Crippen LogP) is 3.49. The summed E-state index contributed by atoms with van der Waals surface area (Å²) in [6, 6.07) is 6.45. The minimum Gasteiger partial charge on any atom is -0.358 e. The van der Waals surface area contributed by atoms with E-state index in [2.05, 4.69) is 56.2 Å². The number of aromatic nitrogens is 1. The van der Waals surface area contributed by atoms with Crippen LogP contribution in [0, 0.1) is 19.8 Å². The minimum absolute atomic E-state index is 0.147. The Kier molecular flexibility index (Phi) is 4.48. The third-order valence-corrected chi connectivity index (χ3v) is 3.57. The highest BCUT2D eigenvalue weighted by atomic mass is 16.1. The zero-order valence-electron chi connectivity index (χ0n) is 12.8. The van der Waals surface area contributed by atoms with Crippen LogP contribution in [-0.4, -0.2) is 17.4 Å². The average molecular weight is 272 g/mol. The van der Waals surface area contributed by atoms with Crippen molar-refractivity contribution in [3.8, 4) is 0 Å². The Hall–Kier alpha value is -1.77. The highest BCUT2D eigenvalue weighted by molar-refractivity contribution is 5.85. The molecule has 0 spiro atoms. The molecule has 3 nitrogen and oxygen atoms in total. The Balaban J connectivity index is 2.04. The Morgan fingerprint density at radius 3 is 2.75 bits per heavy atom. The van der Waals surface area contributed by atoms with Crippen LogP contribution >= 0.6 is 0 Å². The van der Waals surface area contributed by atoms with Crippen molar-refractivity contribution in [2.24, 2.45) is 5.92 Å². The van der Waals surface area contributed by atoms with Gasteiger partial charge in [-0.05, 0) is 43.9 Å². The topological polar surface area (TPSA) is 44.9 Å². The summed E-state index contributed by atoms with van der Waals surface area (Å²) in [5.74, 6) is 0.557. The zero-order chi connectivity index (χ0) is 14.7. The van der Waals surface area contributed by atoms with E-state index in [0.29, 0.717) is 18.9 Å². The quantitative estimate of drug-likeness (QED) is 0.860.